The summed E-state index contributed by atoms with van der Waals surface area (Å²) in [5.41, 5.74) is 7.18. The van der Waals surface area contributed by atoms with E-state index in [2.05, 4.69) is 19.2 Å². The number of thiophene rings is 1. The summed E-state index contributed by atoms with van der Waals surface area (Å²) >= 11 is 7.79. The molecule has 1 aromatic heterocycles. The highest BCUT2D eigenvalue weighted by Gasteiger charge is 2.14. The van der Waals surface area contributed by atoms with Crippen LogP contribution < -0.4 is 5.73 Å². The predicted molar refractivity (Wildman–Crippen MR) is 60.4 cm³/mol. The van der Waals surface area contributed by atoms with E-state index in [1.807, 2.05) is 6.92 Å². The third-order valence-electron chi connectivity index (χ3n) is 1.99. The van der Waals surface area contributed by atoms with Gasteiger partial charge in [0.05, 0.1) is 5.02 Å². The Bertz CT molecular complexity index is 280. The molecule has 13 heavy (non-hydrogen) atoms. The third kappa shape index (κ3) is 2.70. The number of hydrogen-bond donors (Lipinski definition) is 1. The molecule has 0 aromatic carbocycles. The number of halogens is 1. The second kappa shape index (κ2) is 4.45. The molecule has 1 nitrogen and oxygen atoms in total. The molecular formula is C10H16ClNS. The van der Waals surface area contributed by atoms with Crippen LogP contribution in [0.5, 0.6) is 0 Å². The van der Waals surface area contributed by atoms with E-state index in [0.29, 0.717) is 5.92 Å². The van der Waals surface area contributed by atoms with Crippen molar-refractivity contribution >= 4 is 22.9 Å². The molecule has 0 amide bonds. The van der Waals surface area contributed by atoms with Crippen molar-refractivity contribution in [2.45, 2.75) is 33.2 Å². The van der Waals surface area contributed by atoms with Gasteiger partial charge in [-0.05, 0) is 30.2 Å². The molecule has 3 heteroatoms. The lowest BCUT2D eigenvalue weighted by Crippen LogP contribution is -2.11. The average molecular weight is 218 g/mol. The fourth-order valence-corrected chi connectivity index (χ4v) is 2.66. The van der Waals surface area contributed by atoms with Gasteiger partial charge in [0.2, 0.25) is 0 Å². The Morgan fingerprint density at radius 3 is 2.54 bits per heavy atom. The molecule has 1 unspecified atom stereocenters. The predicted octanol–water partition coefficient (Wildman–Crippen LogP) is 3.76. The van der Waals surface area contributed by atoms with Crippen LogP contribution in [0.4, 0.5) is 0 Å². The largest absolute Gasteiger partial charge is 0.323 e. The van der Waals surface area contributed by atoms with Crippen molar-refractivity contribution in [1.82, 2.24) is 0 Å². The second-order valence-electron chi connectivity index (χ2n) is 3.83. The van der Waals surface area contributed by atoms with E-state index in [-0.39, 0.29) is 6.04 Å². The van der Waals surface area contributed by atoms with Gasteiger partial charge < -0.3 is 5.73 Å². The van der Waals surface area contributed by atoms with E-state index < -0.39 is 0 Å². The summed E-state index contributed by atoms with van der Waals surface area (Å²) in [5.74, 6) is 0.619. The molecule has 0 radical (unpaired) electrons. The minimum Gasteiger partial charge on any atom is -0.323 e. The SMILES string of the molecule is Cc1csc(C(N)CC(C)C)c1Cl. The standard InChI is InChI=1S/C10H16ClNS/c1-6(2)4-8(12)10-9(11)7(3)5-13-10/h5-6,8H,4,12H2,1-3H3. The number of aryl methyl sites for hydroxylation is 1. The van der Waals surface area contributed by atoms with E-state index in [1.165, 1.54) is 0 Å². The van der Waals surface area contributed by atoms with Crippen LogP contribution in [0.1, 0.15) is 36.8 Å². The van der Waals surface area contributed by atoms with Crippen LogP contribution in [0.3, 0.4) is 0 Å². The summed E-state index contributed by atoms with van der Waals surface area (Å²) in [4.78, 5) is 1.13. The molecule has 0 aliphatic rings. The molecule has 0 fully saturated rings. The molecule has 1 heterocycles. The first-order chi connectivity index (χ1) is 6.02. The molecular weight excluding hydrogens is 202 g/mol. The Morgan fingerprint density at radius 1 is 1.54 bits per heavy atom. The molecule has 0 aliphatic heterocycles. The summed E-state index contributed by atoms with van der Waals surface area (Å²) < 4.78 is 0. The van der Waals surface area contributed by atoms with Gasteiger partial charge in [-0.2, -0.15) is 0 Å². The van der Waals surface area contributed by atoms with Crippen molar-refractivity contribution in [1.29, 1.82) is 0 Å². The quantitative estimate of drug-likeness (QED) is 0.820. The Morgan fingerprint density at radius 2 is 2.15 bits per heavy atom. The highest BCUT2D eigenvalue weighted by molar-refractivity contribution is 7.10. The van der Waals surface area contributed by atoms with Crippen molar-refractivity contribution in [3.8, 4) is 0 Å². The van der Waals surface area contributed by atoms with E-state index in [9.17, 15) is 0 Å². The van der Waals surface area contributed by atoms with E-state index in [1.54, 1.807) is 11.3 Å². The maximum atomic E-state index is 6.12. The number of rotatable bonds is 3. The molecule has 0 spiro atoms. The van der Waals surface area contributed by atoms with Crippen LogP contribution in [0, 0.1) is 12.8 Å². The topological polar surface area (TPSA) is 26.0 Å². The van der Waals surface area contributed by atoms with Gasteiger partial charge in [0.15, 0.2) is 0 Å². The summed E-state index contributed by atoms with van der Waals surface area (Å²) in [5, 5.41) is 2.93. The van der Waals surface area contributed by atoms with Gasteiger partial charge in [-0.3, -0.25) is 0 Å². The molecule has 1 rings (SSSR count). The average Bonchev–Trinajstić information content (AvgIpc) is 2.31. The Hall–Kier alpha value is -0.0500. The van der Waals surface area contributed by atoms with E-state index in [4.69, 9.17) is 17.3 Å². The first kappa shape index (κ1) is 11.0. The van der Waals surface area contributed by atoms with Crippen molar-refractivity contribution in [2.75, 3.05) is 0 Å². The van der Waals surface area contributed by atoms with Crippen LogP contribution in [0.25, 0.3) is 0 Å². The molecule has 0 aliphatic carbocycles. The normalized spacial score (nSPS) is 13.7. The Labute approximate surface area is 88.9 Å². The maximum Gasteiger partial charge on any atom is 0.0590 e. The summed E-state index contributed by atoms with van der Waals surface area (Å²) in [7, 11) is 0. The van der Waals surface area contributed by atoms with Crippen LogP contribution in [-0.2, 0) is 0 Å². The van der Waals surface area contributed by atoms with Gasteiger partial charge in [-0.15, -0.1) is 11.3 Å². The molecule has 0 saturated carbocycles. The Kier molecular flexibility index (Phi) is 3.77. The first-order valence-corrected chi connectivity index (χ1v) is 5.77. The second-order valence-corrected chi connectivity index (χ2v) is 5.12. The molecule has 0 bridgehead atoms. The monoisotopic (exact) mass is 217 g/mol. The summed E-state index contributed by atoms with van der Waals surface area (Å²) in [6, 6.07) is 0.103. The summed E-state index contributed by atoms with van der Waals surface area (Å²) in [6.45, 7) is 6.37. The number of nitrogens with two attached hydrogens (primary N) is 1. The van der Waals surface area contributed by atoms with Crippen molar-refractivity contribution in [2.24, 2.45) is 11.7 Å². The van der Waals surface area contributed by atoms with Crippen LogP contribution in [-0.4, -0.2) is 0 Å². The van der Waals surface area contributed by atoms with E-state index in [0.717, 1.165) is 21.9 Å². The summed E-state index contributed by atoms with van der Waals surface area (Å²) in [6.07, 6.45) is 1.000. The first-order valence-electron chi connectivity index (χ1n) is 4.51. The zero-order valence-electron chi connectivity index (χ0n) is 8.30. The van der Waals surface area contributed by atoms with Gasteiger partial charge in [0.1, 0.15) is 0 Å². The van der Waals surface area contributed by atoms with Gasteiger partial charge in [-0.25, -0.2) is 0 Å². The van der Waals surface area contributed by atoms with Crippen molar-refractivity contribution in [3.63, 3.8) is 0 Å². The lowest BCUT2D eigenvalue weighted by atomic mass is 10.0. The highest BCUT2D eigenvalue weighted by Crippen LogP contribution is 2.33. The molecule has 1 atom stereocenters. The third-order valence-corrected chi connectivity index (χ3v) is 3.83. The van der Waals surface area contributed by atoms with Crippen LogP contribution in [0.15, 0.2) is 5.38 Å². The van der Waals surface area contributed by atoms with Gasteiger partial charge >= 0.3 is 0 Å². The van der Waals surface area contributed by atoms with Gasteiger partial charge in [0, 0.05) is 10.9 Å². The lowest BCUT2D eigenvalue weighted by Gasteiger charge is -2.12. The van der Waals surface area contributed by atoms with Crippen molar-refractivity contribution < 1.29 is 0 Å². The smallest absolute Gasteiger partial charge is 0.0590 e. The fourth-order valence-electron chi connectivity index (χ4n) is 1.31. The minimum absolute atomic E-state index is 0.103. The van der Waals surface area contributed by atoms with Crippen LogP contribution in [0.2, 0.25) is 5.02 Å². The van der Waals surface area contributed by atoms with Crippen molar-refractivity contribution in [3.05, 3.63) is 20.8 Å². The zero-order valence-corrected chi connectivity index (χ0v) is 9.88. The highest BCUT2D eigenvalue weighted by atomic mass is 35.5. The molecule has 0 saturated heterocycles. The zero-order chi connectivity index (χ0) is 10.0. The number of hydrogen-bond acceptors (Lipinski definition) is 2. The minimum atomic E-state index is 0.103. The van der Waals surface area contributed by atoms with Crippen LogP contribution >= 0.6 is 22.9 Å². The lowest BCUT2D eigenvalue weighted by molar-refractivity contribution is 0.515. The fraction of sp³-hybridized carbons (Fsp3) is 0.600. The van der Waals surface area contributed by atoms with Gasteiger partial charge in [0.25, 0.3) is 0 Å². The van der Waals surface area contributed by atoms with Gasteiger partial charge in [-0.1, -0.05) is 25.4 Å². The molecule has 1 aromatic rings. The Balaban J connectivity index is 2.76. The molecule has 2 N–H and O–H groups in total. The van der Waals surface area contributed by atoms with E-state index >= 15 is 0 Å². The maximum absolute atomic E-state index is 6.12. The molecule has 74 valence electrons.